The van der Waals surface area contributed by atoms with Gasteiger partial charge in [0.25, 0.3) is 5.91 Å². The van der Waals surface area contributed by atoms with Gasteiger partial charge in [0.2, 0.25) is 6.79 Å². The van der Waals surface area contributed by atoms with E-state index >= 15 is 0 Å². The Kier molecular flexibility index (Phi) is 3.88. The van der Waals surface area contributed by atoms with E-state index in [9.17, 15) is 4.79 Å². The molecule has 6 nitrogen and oxygen atoms in total. The van der Waals surface area contributed by atoms with Gasteiger partial charge in [0, 0.05) is 24.8 Å². The third-order valence-corrected chi connectivity index (χ3v) is 4.16. The molecule has 21 heavy (non-hydrogen) atoms. The van der Waals surface area contributed by atoms with Crippen molar-refractivity contribution in [3.05, 3.63) is 17.7 Å². The molecule has 3 rings (SSSR count). The number of carbonyl (C=O) groups excluding carboxylic acids is 1. The van der Waals surface area contributed by atoms with Crippen molar-refractivity contribution in [3.8, 4) is 11.5 Å². The first kappa shape index (κ1) is 14.0. The SMILES string of the molecule is CCN1CCC(CNC(=O)c2cc3c(cc2N)OCO3)C1. The Morgan fingerprint density at radius 1 is 1.43 bits per heavy atom. The Morgan fingerprint density at radius 2 is 2.19 bits per heavy atom. The third kappa shape index (κ3) is 2.90. The highest BCUT2D eigenvalue weighted by Gasteiger charge is 2.23. The van der Waals surface area contributed by atoms with Gasteiger partial charge in [0.1, 0.15) is 0 Å². The summed E-state index contributed by atoms with van der Waals surface area (Å²) in [6.45, 7) is 6.25. The fourth-order valence-corrected chi connectivity index (χ4v) is 2.85. The molecule has 0 aliphatic carbocycles. The molecule has 114 valence electrons. The number of likely N-dealkylation sites (tertiary alicyclic amines) is 1. The number of nitrogen functional groups attached to an aromatic ring is 1. The van der Waals surface area contributed by atoms with Crippen LogP contribution in [0.15, 0.2) is 12.1 Å². The molecule has 6 heteroatoms. The quantitative estimate of drug-likeness (QED) is 0.812. The summed E-state index contributed by atoms with van der Waals surface area (Å²) < 4.78 is 10.5. The van der Waals surface area contributed by atoms with Crippen molar-refractivity contribution in [2.45, 2.75) is 13.3 Å². The molecular formula is C15H21N3O3. The van der Waals surface area contributed by atoms with Gasteiger partial charge in [-0.3, -0.25) is 4.79 Å². The summed E-state index contributed by atoms with van der Waals surface area (Å²) in [5.74, 6) is 1.54. The number of nitrogens with one attached hydrogen (secondary N) is 1. The van der Waals surface area contributed by atoms with E-state index in [0.717, 1.165) is 26.1 Å². The predicted octanol–water partition coefficient (Wildman–Crippen LogP) is 1.07. The van der Waals surface area contributed by atoms with E-state index in [-0.39, 0.29) is 12.7 Å². The lowest BCUT2D eigenvalue weighted by atomic mass is 10.1. The smallest absolute Gasteiger partial charge is 0.253 e. The fourth-order valence-electron chi connectivity index (χ4n) is 2.85. The minimum absolute atomic E-state index is 0.152. The highest BCUT2D eigenvalue weighted by molar-refractivity contribution is 6.00. The Balaban J connectivity index is 1.61. The molecule has 1 aromatic carbocycles. The van der Waals surface area contributed by atoms with E-state index in [1.807, 2.05) is 0 Å². The summed E-state index contributed by atoms with van der Waals surface area (Å²) >= 11 is 0. The van der Waals surface area contributed by atoms with E-state index < -0.39 is 0 Å². The van der Waals surface area contributed by atoms with E-state index in [1.165, 1.54) is 0 Å². The topological polar surface area (TPSA) is 76.8 Å². The van der Waals surface area contributed by atoms with Crippen LogP contribution in [-0.4, -0.2) is 43.8 Å². The molecule has 1 saturated heterocycles. The summed E-state index contributed by atoms with van der Waals surface area (Å²) in [4.78, 5) is 14.7. The molecule has 0 bridgehead atoms. The molecule has 1 amide bonds. The number of hydrogen-bond acceptors (Lipinski definition) is 5. The van der Waals surface area contributed by atoms with Crippen LogP contribution in [0.2, 0.25) is 0 Å². The van der Waals surface area contributed by atoms with Crippen molar-refractivity contribution in [1.29, 1.82) is 0 Å². The molecule has 0 radical (unpaired) electrons. The standard InChI is InChI=1S/C15H21N3O3/c1-2-18-4-3-10(8-18)7-17-15(19)11-5-13-14(6-12(11)16)21-9-20-13/h5-6,10H,2-4,7-9,16H2,1H3,(H,17,19). The average molecular weight is 291 g/mol. The van der Waals surface area contributed by atoms with Gasteiger partial charge >= 0.3 is 0 Å². The number of nitrogens with two attached hydrogens (primary N) is 1. The first-order valence-corrected chi connectivity index (χ1v) is 7.37. The maximum atomic E-state index is 12.3. The largest absolute Gasteiger partial charge is 0.454 e. The van der Waals surface area contributed by atoms with Gasteiger partial charge < -0.3 is 25.4 Å². The number of rotatable bonds is 4. The Hall–Kier alpha value is -1.95. The van der Waals surface area contributed by atoms with Crippen molar-refractivity contribution in [1.82, 2.24) is 10.2 Å². The van der Waals surface area contributed by atoms with Crippen molar-refractivity contribution >= 4 is 11.6 Å². The maximum absolute atomic E-state index is 12.3. The summed E-state index contributed by atoms with van der Waals surface area (Å²) in [5, 5.41) is 2.98. The number of ether oxygens (including phenoxy) is 2. The highest BCUT2D eigenvalue weighted by Crippen LogP contribution is 2.35. The monoisotopic (exact) mass is 291 g/mol. The summed E-state index contributed by atoms with van der Waals surface area (Å²) in [6.07, 6.45) is 1.13. The fraction of sp³-hybridized carbons (Fsp3) is 0.533. The number of hydrogen-bond donors (Lipinski definition) is 2. The lowest BCUT2D eigenvalue weighted by Crippen LogP contribution is -2.31. The van der Waals surface area contributed by atoms with E-state index in [0.29, 0.717) is 35.2 Å². The van der Waals surface area contributed by atoms with E-state index in [2.05, 4.69) is 17.1 Å². The molecular weight excluding hydrogens is 270 g/mol. The molecule has 0 aromatic heterocycles. The number of anilines is 1. The van der Waals surface area contributed by atoms with Gasteiger partial charge in [-0.1, -0.05) is 6.92 Å². The third-order valence-electron chi connectivity index (χ3n) is 4.16. The zero-order chi connectivity index (χ0) is 14.8. The zero-order valence-corrected chi connectivity index (χ0v) is 12.2. The van der Waals surface area contributed by atoms with E-state index in [1.54, 1.807) is 12.1 Å². The Labute approximate surface area is 124 Å². The van der Waals surface area contributed by atoms with Crippen molar-refractivity contribution in [2.24, 2.45) is 5.92 Å². The second-order valence-corrected chi connectivity index (χ2v) is 5.55. The molecule has 0 spiro atoms. The molecule has 2 aliphatic heterocycles. The van der Waals surface area contributed by atoms with Gasteiger partial charge in [0.05, 0.1) is 5.56 Å². The van der Waals surface area contributed by atoms with Crippen LogP contribution in [0.3, 0.4) is 0 Å². The lowest BCUT2D eigenvalue weighted by Gasteiger charge is -2.14. The maximum Gasteiger partial charge on any atom is 0.253 e. The van der Waals surface area contributed by atoms with Crippen molar-refractivity contribution in [3.63, 3.8) is 0 Å². The predicted molar refractivity (Wildman–Crippen MR) is 79.5 cm³/mol. The van der Waals surface area contributed by atoms with Gasteiger partial charge in [-0.2, -0.15) is 0 Å². The first-order chi connectivity index (χ1) is 10.2. The van der Waals surface area contributed by atoms with Crippen molar-refractivity contribution in [2.75, 3.05) is 38.7 Å². The first-order valence-electron chi connectivity index (χ1n) is 7.37. The Morgan fingerprint density at radius 3 is 2.90 bits per heavy atom. The number of fused-ring (bicyclic) bond motifs is 1. The van der Waals surface area contributed by atoms with Crippen LogP contribution in [0.25, 0.3) is 0 Å². The molecule has 1 aromatic rings. The van der Waals surface area contributed by atoms with Crippen LogP contribution >= 0.6 is 0 Å². The Bertz CT molecular complexity index is 547. The number of benzene rings is 1. The molecule has 1 fully saturated rings. The van der Waals surface area contributed by atoms with Gasteiger partial charge in [-0.25, -0.2) is 0 Å². The zero-order valence-electron chi connectivity index (χ0n) is 12.2. The van der Waals surface area contributed by atoms with Crippen LogP contribution in [0.1, 0.15) is 23.7 Å². The normalized spacial score (nSPS) is 20.7. The van der Waals surface area contributed by atoms with Crippen LogP contribution in [0.4, 0.5) is 5.69 Å². The molecule has 2 aliphatic rings. The number of nitrogens with zero attached hydrogens (tertiary/aromatic N) is 1. The van der Waals surface area contributed by atoms with Gasteiger partial charge in [-0.05, 0) is 31.5 Å². The molecule has 3 N–H and O–H groups in total. The highest BCUT2D eigenvalue weighted by atomic mass is 16.7. The van der Waals surface area contributed by atoms with Crippen LogP contribution in [0, 0.1) is 5.92 Å². The van der Waals surface area contributed by atoms with E-state index in [4.69, 9.17) is 15.2 Å². The van der Waals surface area contributed by atoms with Crippen LogP contribution < -0.4 is 20.5 Å². The van der Waals surface area contributed by atoms with Crippen LogP contribution in [0.5, 0.6) is 11.5 Å². The van der Waals surface area contributed by atoms with Crippen LogP contribution in [-0.2, 0) is 0 Å². The summed E-state index contributed by atoms with van der Waals surface area (Å²) in [7, 11) is 0. The molecule has 2 heterocycles. The second-order valence-electron chi connectivity index (χ2n) is 5.55. The summed E-state index contributed by atoms with van der Waals surface area (Å²) in [6, 6.07) is 3.30. The minimum Gasteiger partial charge on any atom is -0.454 e. The lowest BCUT2D eigenvalue weighted by molar-refractivity contribution is 0.0948. The van der Waals surface area contributed by atoms with Gasteiger partial charge in [0.15, 0.2) is 11.5 Å². The van der Waals surface area contributed by atoms with Gasteiger partial charge in [-0.15, -0.1) is 0 Å². The minimum atomic E-state index is -0.152. The molecule has 1 unspecified atom stereocenters. The molecule has 1 atom stereocenters. The second kappa shape index (κ2) is 5.81. The molecule has 0 saturated carbocycles. The average Bonchev–Trinajstić information content (AvgIpc) is 3.12. The number of amides is 1. The summed E-state index contributed by atoms with van der Waals surface area (Å²) in [5.41, 5.74) is 6.78. The van der Waals surface area contributed by atoms with Crippen molar-refractivity contribution < 1.29 is 14.3 Å². The number of carbonyl (C=O) groups is 1.